The standard InChI is InChI=1S/C21H24N2O5/c24-17-10-23(16-4-2-1-3-15(16)22-17)18(25)11-28-19(26)20-6-13-5-14(7-20)9-21(27,8-13)12-20/h1-4,13-14,27H,5-12H2,(H,22,24)/t13-,14-,20?,21?/m1/s1. The molecule has 2 atom stereocenters. The summed E-state index contributed by atoms with van der Waals surface area (Å²) in [5.74, 6) is -0.330. The van der Waals surface area contributed by atoms with E-state index in [4.69, 9.17) is 4.74 Å². The molecule has 148 valence electrons. The van der Waals surface area contributed by atoms with Gasteiger partial charge in [0, 0.05) is 0 Å². The van der Waals surface area contributed by atoms with E-state index in [1.807, 2.05) is 0 Å². The zero-order chi connectivity index (χ0) is 19.5. The Morgan fingerprint density at radius 2 is 1.89 bits per heavy atom. The molecule has 1 aliphatic heterocycles. The quantitative estimate of drug-likeness (QED) is 0.776. The number of esters is 1. The largest absolute Gasteiger partial charge is 0.455 e. The van der Waals surface area contributed by atoms with Crippen LogP contribution in [0.4, 0.5) is 11.4 Å². The lowest BCUT2D eigenvalue weighted by Crippen LogP contribution is -2.58. The van der Waals surface area contributed by atoms with Crippen LogP contribution in [0.2, 0.25) is 0 Å². The summed E-state index contributed by atoms with van der Waals surface area (Å²) in [7, 11) is 0. The number of aliphatic hydroxyl groups is 1. The second-order valence-electron chi connectivity index (χ2n) is 9.09. The zero-order valence-electron chi connectivity index (χ0n) is 15.6. The van der Waals surface area contributed by atoms with Gasteiger partial charge in [-0.25, -0.2) is 0 Å². The van der Waals surface area contributed by atoms with Crippen molar-refractivity contribution >= 4 is 29.2 Å². The first-order valence-corrected chi connectivity index (χ1v) is 9.95. The first-order valence-electron chi connectivity index (χ1n) is 9.95. The number of ether oxygens (including phenoxy) is 1. The van der Waals surface area contributed by atoms with Gasteiger partial charge in [-0.15, -0.1) is 0 Å². The van der Waals surface area contributed by atoms with Crippen LogP contribution in [0, 0.1) is 17.3 Å². The van der Waals surface area contributed by atoms with Crippen molar-refractivity contribution in [3.05, 3.63) is 24.3 Å². The number of nitrogens with zero attached hydrogens (tertiary/aromatic N) is 1. The van der Waals surface area contributed by atoms with Gasteiger partial charge in [-0.05, 0) is 62.5 Å². The smallest absolute Gasteiger partial charge is 0.312 e. The summed E-state index contributed by atoms with van der Waals surface area (Å²) in [4.78, 5) is 38.9. The Balaban J connectivity index is 1.29. The fourth-order valence-corrected chi connectivity index (χ4v) is 6.27. The predicted molar refractivity (Wildman–Crippen MR) is 100 cm³/mol. The van der Waals surface area contributed by atoms with Gasteiger partial charge >= 0.3 is 5.97 Å². The maximum absolute atomic E-state index is 13.0. The summed E-state index contributed by atoms with van der Waals surface area (Å²) >= 11 is 0. The summed E-state index contributed by atoms with van der Waals surface area (Å²) in [5.41, 5.74) is -0.234. The van der Waals surface area contributed by atoms with Crippen LogP contribution in [0.25, 0.3) is 0 Å². The van der Waals surface area contributed by atoms with E-state index in [2.05, 4.69) is 5.32 Å². The van der Waals surface area contributed by atoms with Gasteiger partial charge in [0.2, 0.25) is 5.91 Å². The molecule has 5 aliphatic rings. The van der Waals surface area contributed by atoms with Gasteiger partial charge in [-0.1, -0.05) is 12.1 Å². The summed E-state index contributed by atoms with van der Waals surface area (Å²) in [6.45, 7) is -0.488. The third-order valence-corrected chi connectivity index (χ3v) is 6.86. The molecule has 0 aromatic heterocycles. The molecule has 1 aromatic carbocycles. The highest BCUT2D eigenvalue weighted by Gasteiger charge is 2.61. The molecule has 7 nitrogen and oxygen atoms in total. The summed E-state index contributed by atoms with van der Waals surface area (Å²) in [6.07, 6.45) is 4.56. The molecule has 4 saturated carbocycles. The lowest BCUT2D eigenvalue weighted by Gasteiger charge is -2.58. The van der Waals surface area contributed by atoms with E-state index in [0.717, 1.165) is 32.1 Å². The van der Waals surface area contributed by atoms with Crippen LogP contribution in [0.3, 0.4) is 0 Å². The van der Waals surface area contributed by atoms with Crippen LogP contribution in [0.1, 0.15) is 38.5 Å². The van der Waals surface area contributed by atoms with Crippen LogP contribution in [0.5, 0.6) is 0 Å². The Labute approximate surface area is 163 Å². The van der Waals surface area contributed by atoms with Crippen molar-refractivity contribution in [3.8, 4) is 0 Å². The Hall–Kier alpha value is -2.41. The van der Waals surface area contributed by atoms with Crippen molar-refractivity contribution in [1.29, 1.82) is 0 Å². The highest BCUT2D eigenvalue weighted by atomic mass is 16.5. The minimum atomic E-state index is -0.753. The molecular weight excluding hydrogens is 360 g/mol. The van der Waals surface area contributed by atoms with Crippen LogP contribution in [0.15, 0.2) is 24.3 Å². The molecule has 7 heteroatoms. The lowest BCUT2D eigenvalue weighted by atomic mass is 9.48. The SMILES string of the molecule is O=C1CN(C(=O)COC(=O)C23C[C@H]4C[C@@H](CC(O)(C4)C2)C3)c2ccccc2N1. The molecule has 0 saturated heterocycles. The third kappa shape index (κ3) is 2.80. The molecule has 4 fully saturated rings. The van der Waals surface area contributed by atoms with Gasteiger partial charge < -0.3 is 15.2 Å². The van der Waals surface area contributed by atoms with Crippen molar-refractivity contribution in [3.63, 3.8) is 0 Å². The van der Waals surface area contributed by atoms with Crippen molar-refractivity contribution in [1.82, 2.24) is 0 Å². The van der Waals surface area contributed by atoms with Crippen molar-refractivity contribution in [2.75, 3.05) is 23.4 Å². The first-order chi connectivity index (χ1) is 13.4. The van der Waals surface area contributed by atoms with E-state index in [1.165, 1.54) is 4.90 Å². The van der Waals surface area contributed by atoms with Gasteiger partial charge in [0.05, 0.1) is 22.4 Å². The maximum Gasteiger partial charge on any atom is 0.312 e. The number of nitrogens with one attached hydrogen (secondary N) is 1. The summed E-state index contributed by atoms with van der Waals surface area (Å²) in [5, 5.41) is 13.5. The fourth-order valence-electron chi connectivity index (χ4n) is 6.27. The number of carbonyl (C=O) groups excluding carboxylic acids is 3. The normalized spacial score (nSPS) is 35.3. The maximum atomic E-state index is 13.0. The molecule has 6 rings (SSSR count). The number of benzene rings is 1. The van der Waals surface area contributed by atoms with E-state index in [1.54, 1.807) is 24.3 Å². The van der Waals surface area contributed by atoms with Crippen LogP contribution >= 0.6 is 0 Å². The van der Waals surface area contributed by atoms with Gasteiger partial charge in [-0.3, -0.25) is 19.3 Å². The van der Waals surface area contributed by atoms with Crippen LogP contribution in [-0.2, 0) is 19.1 Å². The number of anilines is 2. The molecule has 0 spiro atoms. The molecule has 4 aliphatic carbocycles. The van der Waals surface area contributed by atoms with E-state index < -0.39 is 23.5 Å². The number of para-hydroxylation sites is 2. The summed E-state index contributed by atoms with van der Waals surface area (Å²) in [6, 6.07) is 7.06. The molecule has 4 bridgehead atoms. The molecule has 2 N–H and O–H groups in total. The van der Waals surface area contributed by atoms with Crippen molar-refractivity contribution in [2.45, 2.75) is 44.1 Å². The number of amides is 2. The molecule has 0 radical (unpaired) electrons. The van der Waals surface area contributed by atoms with Crippen molar-refractivity contribution in [2.24, 2.45) is 17.3 Å². The lowest BCUT2D eigenvalue weighted by molar-refractivity contribution is -0.196. The van der Waals surface area contributed by atoms with Gasteiger partial charge in [0.25, 0.3) is 5.91 Å². The molecule has 1 heterocycles. The number of fused-ring (bicyclic) bond motifs is 1. The van der Waals surface area contributed by atoms with E-state index >= 15 is 0 Å². The highest BCUT2D eigenvalue weighted by Crippen LogP contribution is 2.61. The monoisotopic (exact) mass is 384 g/mol. The fraction of sp³-hybridized carbons (Fsp3) is 0.571. The number of rotatable bonds is 3. The van der Waals surface area contributed by atoms with E-state index in [-0.39, 0.29) is 18.4 Å². The Morgan fingerprint density at radius 3 is 2.61 bits per heavy atom. The average molecular weight is 384 g/mol. The van der Waals surface area contributed by atoms with Gasteiger partial charge in [0.1, 0.15) is 6.54 Å². The number of carbonyl (C=O) groups is 3. The first kappa shape index (κ1) is 17.7. The topological polar surface area (TPSA) is 95.9 Å². The molecule has 0 unspecified atom stereocenters. The summed E-state index contributed by atoms with van der Waals surface area (Å²) < 4.78 is 5.46. The van der Waals surface area contributed by atoms with E-state index in [0.29, 0.717) is 29.6 Å². The van der Waals surface area contributed by atoms with E-state index in [9.17, 15) is 19.5 Å². The van der Waals surface area contributed by atoms with Crippen LogP contribution in [-0.4, -0.2) is 41.6 Å². The molecule has 2 amide bonds. The number of hydrogen-bond donors (Lipinski definition) is 2. The third-order valence-electron chi connectivity index (χ3n) is 6.86. The second kappa shape index (κ2) is 6.04. The highest BCUT2D eigenvalue weighted by molar-refractivity contribution is 6.10. The van der Waals surface area contributed by atoms with Crippen LogP contribution < -0.4 is 10.2 Å². The zero-order valence-corrected chi connectivity index (χ0v) is 15.6. The molecule has 1 aromatic rings. The Kier molecular flexibility index (Phi) is 3.81. The number of hydrogen-bond acceptors (Lipinski definition) is 5. The average Bonchev–Trinajstić information content (AvgIpc) is 2.63. The minimum absolute atomic E-state index is 0.0948. The second-order valence-corrected chi connectivity index (χ2v) is 9.09. The van der Waals surface area contributed by atoms with Gasteiger partial charge in [0.15, 0.2) is 6.61 Å². The predicted octanol–water partition coefficient (Wildman–Crippen LogP) is 1.85. The minimum Gasteiger partial charge on any atom is -0.455 e. The van der Waals surface area contributed by atoms with Gasteiger partial charge in [-0.2, -0.15) is 0 Å². The Bertz CT molecular complexity index is 852. The molecular formula is C21H24N2O5. The molecule has 28 heavy (non-hydrogen) atoms. The Morgan fingerprint density at radius 1 is 1.18 bits per heavy atom. The van der Waals surface area contributed by atoms with Crippen molar-refractivity contribution < 1.29 is 24.2 Å².